The number of unbranched alkanes of at least 4 members (excludes halogenated alkanes) is 1. The second-order valence-electron chi connectivity index (χ2n) is 9.12. The van der Waals surface area contributed by atoms with Crippen molar-refractivity contribution in [2.45, 2.75) is 76.8 Å². The van der Waals surface area contributed by atoms with Gasteiger partial charge < -0.3 is 10.1 Å². The van der Waals surface area contributed by atoms with E-state index >= 15 is 0 Å². The van der Waals surface area contributed by atoms with Gasteiger partial charge in [-0.05, 0) is 94.4 Å². The molecule has 0 spiro atoms. The van der Waals surface area contributed by atoms with E-state index in [4.69, 9.17) is 4.74 Å². The van der Waals surface area contributed by atoms with Crippen LogP contribution in [0.4, 0.5) is 0 Å². The maximum atomic E-state index is 5.89. The normalized spacial score (nSPS) is 35.8. The van der Waals surface area contributed by atoms with Crippen molar-refractivity contribution in [1.82, 2.24) is 15.1 Å². The van der Waals surface area contributed by atoms with E-state index in [1.807, 2.05) is 0 Å². The summed E-state index contributed by atoms with van der Waals surface area (Å²) >= 11 is 0. The number of hydrogen-bond donors (Lipinski definition) is 1. The van der Waals surface area contributed by atoms with Gasteiger partial charge in [0.15, 0.2) is 0 Å². The molecule has 138 valence electrons. The van der Waals surface area contributed by atoms with Crippen molar-refractivity contribution in [3.8, 4) is 5.88 Å². The zero-order chi connectivity index (χ0) is 16.6. The fourth-order valence-electron chi connectivity index (χ4n) is 6.39. The van der Waals surface area contributed by atoms with Crippen molar-refractivity contribution in [3.63, 3.8) is 0 Å². The second-order valence-corrected chi connectivity index (χ2v) is 9.12. The topological polar surface area (TPSA) is 39.1 Å². The van der Waals surface area contributed by atoms with Gasteiger partial charge in [0.25, 0.3) is 0 Å². The van der Waals surface area contributed by atoms with Gasteiger partial charge in [-0.2, -0.15) is 0 Å². The Labute approximate surface area is 151 Å². The monoisotopic (exact) mass is 343 g/mol. The van der Waals surface area contributed by atoms with Gasteiger partial charge in [0.2, 0.25) is 5.88 Å². The molecule has 1 aromatic rings. The molecule has 4 fully saturated rings. The average Bonchev–Trinajstić information content (AvgIpc) is 3.02. The SMILES string of the molecule is c1c(OCCCCNC2C3CC4CC(C3)CC2C4)nn2c1CCCC2. The molecule has 6 rings (SSSR count). The van der Waals surface area contributed by atoms with Crippen molar-refractivity contribution in [3.05, 3.63) is 11.8 Å². The summed E-state index contributed by atoms with van der Waals surface area (Å²) in [6.07, 6.45) is 13.7. The Kier molecular flexibility index (Phi) is 4.49. The Morgan fingerprint density at radius 1 is 1.04 bits per heavy atom. The number of fused-ring (bicyclic) bond motifs is 1. The molecule has 25 heavy (non-hydrogen) atoms. The molecule has 1 aliphatic heterocycles. The van der Waals surface area contributed by atoms with E-state index in [1.54, 1.807) is 6.42 Å². The van der Waals surface area contributed by atoms with Crippen LogP contribution in [-0.4, -0.2) is 29.0 Å². The van der Waals surface area contributed by atoms with E-state index in [1.165, 1.54) is 50.6 Å². The smallest absolute Gasteiger partial charge is 0.232 e. The van der Waals surface area contributed by atoms with Crippen LogP contribution >= 0.6 is 0 Å². The van der Waals surface area contributed by atoms with Crippen LogP contribution in [-0.2, 0) is 13.0 Å². The van der Waals surface area contributed by atoms with Crippen molar-refractivity contribution in [1.29, 1.82) is 0 Å². The van der Waals surface area contributed by atoms with E-state index < -0.39 is 0 Å². The molecule has 0 saturated heterocycles. The molecule has 2 heterocycles. The van der Waals surface area contributed by atoms with E-state index in [0.29, 0.717) is 0 Å². The molecule has 0 atom stereocenters. The first-order valence-corrected chi connectivity index (χ1v) is 10.8. The molecule has 1 N–H and O–H groups in total. The minimum Gasteiger partial charge on any atom is -0.477 e. The van der Waals surface area contributed by atoms with E-state index in [2.05, 4.69) is 21.2 Å². The van der Waals surface area contributed by atoms with Crippen LogP contribution in [0.3, 0.4) is 0 Å². The third-order valence-electron chi connectivity index (χ3n) is 7.32. The molecule has 1 aromatic heterocycles. The summed E-state index contributed by atoms with van der Waals surface area (Å²) in [7, 11) is 0. The number of nitrogens with zero attached hydrogens (tertiary/aromatic N) is 2. The summed E-state index contributed by atoms with van der Waals surface area (Å²) in [6, 6.07) is 2.97. The van der Waals surface area contributed by atoms with Gasteiger partial charge in [0.05, 0.1) is 6.61 Å². The van der Waals surface area contributed by atoms with Gasteiger partial charge in [0.1, 0.15) is 0 Å². The number of hydrogen-bond acceptors (Lipinski definition) is 3. The Bertz CT molecular complexity index is 544. The third-order valence-corrected chi connectivity index (χ3v) is 7.32. The fraction of sp³-hybridized carbons (Fsp3) is 0.857. The van der Waals surface area contributed by atoms with Crippen LogP contribution in [0.15, 0.2) is 6.07 Å². The van der Waals surface area contributed by atoms with E-state index in [0.717, 1.165) is 68.1 Å². The van der Waals surface area contributed by atoms with Crippen LogP contribution in [0.5, 0.6) is 5.88 Å². The first-order valence-electron chi connectivity index (χ1n) is 10.8. The standard InChI is InChI=1S/C21H33N3O/c1-3-7-24-19(5-1)14-20(23-24)25-8-4-2-6-22-21-17-10-15-9-16(12-17)13-18(21)11-15/h14-18,21-22H,1-13H2. The molecule has 0 amide bonds. The molecule has 0 aromatic carbocycles. The van der Waals surface area contributed by atoms with Crippen LogP contribution < -0.4 is 10.1 Å². The second kappa shape index (κ2) is 6.94. The molecule has 4 saturated carbocycles. The van der Waals surface area contributed by atoms with Crippen molar-refractivity contribution in [2.75, 3.05) is 13.2 Å². The van der Waals surface area contributed by atoms with E-state index in [-0.39, 0.29) is 0 Å². The van der Waals surface area contributed by atoms with Crippen molar-refractivity contribution < 1.29 is 4.74 Å². The van der Waals surface area contributed by atoms with Crippen molar-refractivity contribution in [2.24, 2.45) is 23.7 Å². The first-order chi connectivity index (χ1) is 12.3. The molecule has 4 aliphatic carbocycles. The Morgan fingerprint density at radius 2 is 1.84 bits per heavy atom. The lowest BCUT2D eigenvalue weighted by Gasteiger charge is -2.54. The summed E-state index contributed by atoms with van der Waals surface area (Å²) < 4.78 is 8.02. The Hall–Kier alpha value is -1.03. The molecule has 4 heteroatoms. The number of ether oxygens (including phenoxy) is 1. The molecule has 4 nitrogen and oxygen atoms in total. The minimum atomic E-state index is 0.805. The highest BCUT2D eigenvalue weighted by atomic mass is 16.5. The zero-order valence-electron chi connectivity index (χ0n) is 15.5. The van der Waals surface area contributed by atoms with Gasteiger partial charge in [-0.3, -0.25) is 4.68 Å². The summed E-state index contributed by atoms with van der Waals surface area (Å²) in [5.41, 5.74) is 1.35. The van der Waals surface area contributed by atoms with Gasteiger partial charge in [-0.1, -0.05) is 0 Å². The highest BCUT2D eigenvalue weighted by molar-refractivity contribution is 5.16. The number of aryl methyl sites for hydroxylation is 2. The molecule has 0 radical (unpaired) electrons. The van der Waals surface area contributed by atoms with Gasteiger partial charge in [-0.15, -0.1) is 5.10 Å². The molecular weight excluding hydrogens is 310 g/mol. The number of nitrogens with one attached hydrogen (secondary N) is 1. The van der Waals surface area contributed by atoms with Crippen LogP contribution in [0.1, 0.15) is 63.5 Å². The highest BCUT2D eigenvalue weighted by Crippen LogP contribution is 2.53. The Morgan fingerprint density at radius 3 is 2.60 bits per heavy atom. The number of aromatic nitrogens is 2. The van der Waals surface area contributed by atoms with Crippen LogP contribution in [0, 0.1) is 23.7 Å². The van der Waals surface area contributed by atoms with Gasteiger partial charge in [-0.25, -0.2) is 0 Å². The van der Waals surface area contributed by atoms with Crippen molar-refractivity contribution >= 4 is 0 Å². The largest absolute Gasteiger partial charge is 0.477 e. The van der Waals surface area contributed by atoms with Gasteiger partial charge >= 0.3 is 0 Å². The summed E-state index contributed by atoms with van der Waals surface area (Å²) in [5, 5.41) is 8.50. The lowest BCUT2D eigenvalue weighted by atomic mass is 9.54. The van der Waals surface area contributed by atoms with Gasteiger partial charge in [0, 0.05) is 24.3 Å². The number of rotatable bonds is 7. The average molecular weight is 344 g/mol. The quantitative estimate of drug-likeness (QED) is 0.766. The fourth-order valence-corrected chi connectivity index (χ4v) is 6.39. The predicted octanol–water partition coefficient (Wildman–Crippen LogP) is 3.79. The molecule has 4 bridgehead atoms. The maximum Gasteiger partial charge on any atom is 0.232 e. The maximum absolute atomic E-state index is 5.89. The molecular formula is C21H33N3O. The van der Waals surface area contributed by atoms with Crippen LogP contribution in [0.25, 0.3) is 0 Å². The lowest BCUT2D eigenvalue weighted by molar-refractivity contribution is -0.0136. The summed E-state index contributed by atoms with van der Waals surface area (Å²) in [6.45, 7) is 3.03. The third kappa shape index (κ3) is 3.34. The summed E-state index contributed by atoms with van der Waals surface area (Å²) in [4.78, 5) is 0. The highest BCUT2D eigenvalue weighted by Gasteiger charge is 2.47. The summed E-state index contributed by atoms with van der Waals surface area (Å²) in [5.74, 6) is 4.98. The minimum absolute atomic E-state index is 0.805. The Balaban J connectivity index is 1.01. The zero-order valence-corrected chi connectivity index (χ0v) is 15.5. The lowest BCUT2D eigenvalue weighted by Crippen LogP contribution is -2.54. The first kappa shape index (κ1) is 16.2. The molecule has 0 unspecified atom stereocenters. The van der Waals surface area contributed by atoms with E-state index in [9.17, 15) is 0 Å². The van der Waals surface area contributed by atoms with Crippen LogP contribution in [0.2, 0.25) is 0 Å². The predicted molar refractivity (Wildman–Crippen MR) is 98.7 cm³/mol. The molecule has 5 aliphatic rings.